The molecule has 142 valence electrons. The molecular formula is C17H26F2IN3O2. The number of benzene rings is 1. The van der Waals surface area contributed by atoms with Gasteiger partial charge >= 0.3 is 6.61 Å². The lowest BCUT2D eigenvalue weighted by Gasteiger charge is -2.20. The fraction of sp³-hybridized carbons (Fsp3) is 0.588. The summed E-state index contributed by atoms with van der Waals surface area (Å²) in [5.41, 5.74) is 0.882. The molecule has 0 bridgehead atoms. The molecule has 5 nitrogen and oxygen atoms in total. The van der Waals surface area contributed by atoms with Crippen molar-refractivity contribution in [3.63, 3.8) is 0 Å². The predicted octanol–water partition coefficient (Wildman–Crippen LogP) is 3.52. The number of rotatable bonds is 7. The lowest BCUT2D eigenvalue weighted by Crippen LogP contribution is -2.39. The number of aliphatic imine (C=N–C) groups is 1. The van der Waals surface area contributed by atoms with Gasteiger partial charge in [-0.1, -0.05) is 6.07 Å². The molecule has 0 amide bonds. The number of ether oxygens (including phenoxy) is 2. The first-order valence-electron chi connectivity index (χ1n) is 8.29. The highest BCUT2D eigenvalue weighted by Gasteiger charge is 2.15. The molecule has 1 aromatic rings. The molecule has 0 atom stereocenters. The van der Waals surface area contributed by atoms with Crippen LogP contribution in [0.3, 0.4) is 0 Å². The van der Waals surface area contributed by atoms with Gasteiger partial charge in [-0.15, -0.1) is 24.0 Å². The second-order valence-corrected chi connectivity index (χ2v) is 5.54. The van der Waals surface area contributed by atoms with Crippen molar-refractivity contribution in [3.05, 3.63) is 23.8 Å². The van der Waals surface area contributed by atoms with Crippen molar-refractivity contribution in [1.29, 1.82) is 0 Å². The van der Waals surface area contributed by atoms with Gasteiger partial charge in [-0.05, 0) is 43.9 Å². The fourth-order valence-electron chi connectivity index (χ4n) is 2.71. The summed E-state index contributed by atoms with van der Waals surface area (Å²) in [5, 5.41) is 3.30. The molecule has 0 aromatic heterocycles. The predicted molar refractivity (Wildman–Crippen MR) is 106 cm³/mol. The molecule has 0 saturated carbocycles. The Bertz CT molecular complexity index is 553. The Morgan fingerprint density at radius 2 is 2.00 bits per heavy atom. The van der Waals surface area contributed by atoms with Crippen molar-refractivity contribution < 1.29 is 18.3 Å². The molecule has 1 saturated heterocycles. The first kappa shape index (κ1) is 21.7. The van der Waals surface area contributed by atoms with E-state index in [1.165, 1.54) is 20.0 Å². The van der Waals surface area contributed by atoms with Crippen LogP contribution in [-0.4, -0.2) is 50.8 Å². The van der Waals surface area contributed by atoms with Crippen LogP contribution in [-0.2, 0) is 6.42 Å². The van der Waals surface area contributed by atoms with Crippen LogP contribution in [0.4, 0.5) is 8.78 Å². The van der Waals surface area contributed by atoms with Crippen LogP contribution in [0.2, 0.25) is 0 Å². The van der Waals surface area contributed by atoms with Crippen LogP contribution in [0.1, 0.15) is 25.3 Å². The molecule has 0 spiro atoms. The average Bonchev–Trinajstić information content (AvgIpc) is 3.08. The number of methoxy groups -OCH3 is 1. The first-order chi connectivity index (χ1) is 11.6. The third-order valence-corrected chi connectivity index (χ3v) is 3.85. The molecule has 2 rings (SSSR count). The number of likely N-dealkylation sites (tertiary alicyclic amines) is 1. The van der Waals surface area contributed by atoms with E-state index in [1.54, 1.807) is 12.1 Å². The van der Waals surface area contributed by atoms with E-state index in [9.17, 15) is 8.78 Å². The average molecular weight is 469 g/mol. The molecule has 8 heteroatoms. The maximum atomic E-state index is 12.5. The fourth-order valence-corrected chi connectivity index (χ4v) is 2.71. The van der Waals surface area contributed by atoms with Crippen LogP contribution in [0, 0.1) is 0 Å². The molecule has 1 fully saturated rings. The lowest BCUT2D eigenvalue weighted by atomic mass is 10.1. The Kier molecular flexibility index (Phi) is 9.84. The molecule has 0 aliphatic carbocycles. The smallest absolute Gasteiger partial charge is 0.387 e. The monoisotopic (exact) mass is 469 g/mol. The molecule has 25 heavy (non-hydrogen) atoms. The van der Waals surface area contributed by atoms with Crippen molar-refractivity contribution in [1.82, 2.24) is 10.2 Å². The van der Waals surface area contributed by atoms with Gasteiger partial charge in [0.15, 0.2) is 17.5 Å². The van der Waals surface area contributed by atoms with Gasteiger partial charge in [-0.2, -0.15) is 8.78 Å². The van der Waals surface area contributed by atoms with E-state index in [4.69, 9.17) is 4.74 Å². The zero-order valence-corrected chi connectivity index (χ0v) is 17.0. The van der Waals surface area contributed by atoms with Crippen molar-refractivity contribution in [2.24, 2.45) is 4.99 Å². The Morgan fingerprint density at radius 1 is 1.28 bits per heavy atom. The third kappa shape index (κ3) is 6.83. The molecule has 1 aromatic carbocycles. The maximum absolute atomic E-state index is 12.5. The summed E-state index contributed by atoms with van der Waals surface area (Å²) in [6.45, 7) is 2.64. The van der Waals surface area contributed by atoms with Crippen molar-refractivity contribution >= 4 is 29.9 Å². The Balaban J connectivity index is 0.00000312. The first-order valence-corrected chi connectivity index (χ1v) is 8.29. The van der Waals surface area contributed by atoms with Gasteiger partial charge in [0.2, 0.25) is 0 Å². The van der Waals surface area contributed by atoms with Crippen LogP contribution >= 0.6 is 24.0 Å². The van der Waals surface area contributed by atoms with Gasteiger partial charge in [-0.25, -0.2) is 0 Å². The van der Waals surface area contributed by atoms with E-state index >= 15 is 0 Å². The van der Waals surface area contributed by atoms with Gasteiger partial charge in [0.1, 0.15) is 0 Å². The number of hydrogen-bond donors (Lipinski definition) is 1. The van der Waals surface area contributed by atoms with E-state index in [0.717, 1.165) is 31.2 Å². The van der Waals surface area contributed by atoms with Gasteiger partial charge in [0, 0.05) is 26.2 Å². The molecule has 0 unspecified atom stereocenters. The van der Waals surface area contributed by atoms with Crippen LogP contribution in [0.5, 0.6) is 11.5 Å². The number of alkyl halides is 2. The number of halogens is 3. The highest BCUT2D eigenvalue weighted by molar-refractivity contribution is 14.0. The molecular weight excluding hydrogens is 443 g/mol. The summed E-state index contributed by atoms with van der Waals surface area (Å²) >= 11 is 0. The minimum Gasteiger partial charge on any atom is -0.493 e. The maximum Gasteiger partial charge on any atom is 0.387 e. The quantitative estimate of drug-likeness (QED) is 0.377. The molecule has 1 aliphatic rings. The van der Waals surface area contributed by atoms with Crippen LogP contribution < -0.4 is 14.8 Å². The summed E-state index contributed by atoms with van der Waals surface area (Å²) in [6, 6.07) is 5.07. The van der Waals surface area contributed by atoms with Crippen LogP contribution in [0.15, 0.2) is 23.2 Å². The third-order valence-electron chi connectivity index (χ3n) is 3.85. The van der Waals surface area contributed by atoms with Crippen molar-refractivity contribution in [2.45, 2.75) is 32.8 Å². The summed E-state index contributed by atoms with van der Waals surface area (Å²) in [5.74, 6) is 1.28. The van der Waals surface area contributed by atoms with E-state index in [1.807, 2.05) is 13.0 Å². The van der Waals surface area contributed by atoms with Gasteiger partial charge in [0.05, 0.1) is 7.11 Å². The Morgan fingerprint density at radius 3 is 2.60 bits per heavy atom. The minimum atomic E-state index is -2.87. The number of hydrogen-bond acceptors (Lipinski definition) is 3. The molecule has 1 aliphatic heterocycles. The van der Waals surface area contributed by atoms with Gasteiger partial charge < -0.3 is 19.7 Å². The van der Waals surface area contributed by atoms with Crippen LogP contribution in [0.25, 0.3) is 0 Å². The van der Waals surface area contributed by atoms with Crippen molar-refractivity contribution in [2.75, 3.05) is 33.3 Å². The highest BCUT2D eigenvalue weighted by Crippen LogP contribution is 2.29. The van der Waals surface area contributed by atoms with E-state index in [-0.39, 0.29) is 29.7 Å². The number of nitrogens with one attached hydrogen (secondary N) is 1. The molecule has 1 N–H and O–H groups in total. The van der Waals surface area contributed by atoms with Gasteiger partial charge in [-0.3, -0.25) is 4.99 Å². The second kappa shape index (κ2) is 11.3. The summed E-state index contributed by atoms with van der Waals surface area (Å²) in [7, 11) is 1.43. The normalized spacial score (nSPS) is 14.4. The standard InChI is InChI=1S/C17H25F2N3O2.HI/c1-3-20-17(22-10-4-5-11-22)21-9-8-13-6-7-14(23-2)15(12-13)24-16(18)19;/h6-7,12,16H,3-5,8-11H2,1-2H3,(H,20,21);1H. The molecule has 0 radical (unpaired) electrons. The van der Waals surface area contributed by atoms with E-state index in [2.05, 4.69) is 19.9 Å². The minimum absolute atomic E-state index is 0. The summed E-state index contributed by atoms with van der Waals surface area (Å²) < 4.78 is 34.5. The Labute approximate surface area is 164 Å². The number of nitrogens with zero attached hydrogens (tertiary/aromatic N) is 2. The van der Waals surface area contributed by atoms with E-state index in [0.29, 0.717) is 18.7 Å². The SMILES string of the molecule is CCNC(=NCCc1ccc(OC)c(OC(F)F)c1)N1CCCC1.I. The zero-order valence-electron chi connectivity index (χ0n) is 14.6. The lowest BCUT2D eigenvalue weighted by molar-refractivity contribution is -0.0512. The van der Waals surface area contributed by atoms with Gasteiger partial charge in [0.25, 0.3) is 0 Å². The second-order valence-electron chi connectivity index (χ2n) is 5.54. The molecule has 1 heterocycles. The topological polar surface area (TPSA) is 46.1 Å². The summed E-state index contributed by atoms with van der Waals surface area (Å²) in [6.07, 6.45) is 3.03. The van der Waals surface area contributed by atoms with E-state index < -0.39 is 6.61 Å². The number of guanidine groups is 1. The van der Waals surface area contributed by atoms with Crippen molar-refractivity contribution in [3.8, 4) is 11.5 Å². The summed E-state index contributed by atoms with van der Waals surface area (Å²) in [4.78, 5) is 6.89. The Hall–Kier alpha value is -1.32. The zero-order chi connectivity index (χ0) is 17.4. The highest BCUT2D eigenvalue weighted by atomic mass is 127. The largest absolute Gasteiger partial charge is 0.493 e.